The average molecular weight is 208 g/mol. The Labute approximate surface area is 88.8 Å². The van der Waals surface area contributed by atoms with Crippen molar-refractivity contribution < 1.29 is 4.74 Å². The number of nitrogens with zero attached hydrogens (tertiary/aromatic N) is 3. The number of aromatic nitrogens is 3. The summed E-state index contributed by atoms with van der Waals surface area (Å²) >= 11 is 0. The van der Waals surface area contributed by atoms with Crippen LogP contribution in [0, 0.1) is 0 Å². The minimum atomic E-state index is 0.365. The molecule has 0 bridgehead atoms. The van der Waals surface area contributed by atoms with Crippen LogP contribution in [0.15, 0.2) is 0 Å². The molecule has 1 aromatic heterocycles. The van der Waals surface area contributed by atoms with Gasteiger partial charge in [-0.1, -0.05) is 0 Å². The van der Waals surface area contributed by atoms with Gasteiger partial charge in [-0.2, -0.15) is 0 Å². The first kappa shape index (κ1) is 9.30. The van der Waals surface area contributed by atoms with E-state index in [0.717, 1.165) is 44.3 Å². The van der Waals surface area contributed by atoms with Crippen LogP contribution in [0.1, 0.15) is 30.9 Å². The fourth-order valence-corrected chi connectivity index (χ4v) is 2.41. The molecule has 2 atom stereocenters. The van der Waals surface area contributed by atoms with Crippen LogP contribution in [0.4, 0.5) is 0 Å². The topological polar surface area (TPSA) is 52.0 Å². The Bertz CT molecular complexity index is 362. The van der Waals surface area contributed by atoms with E-state index >= 15 is 0 Å². The molecule has 5 heteroatoms. The molecule has 2 aliphatic rings. The molecule has 1 saturated heterocycles. The van der Waals surface area contributed by atoms with Crippen molar-refractivity contribution in [1.82, 2.24) is 20.1 Å². The SMILES string of the molecule is CC1CC(c2nnc3n2CCNC3)CO1. The Hall–Kier alpha value is -0.940. The van der Waals surface area contributed by atoms with Gasteiger partial charge in [0.05, 0.1) is 19.3 Å². The van der Waals surface area contributed by atoms with Crippen LogP contribution < -0.4 is 5.32 Å². The van der Waals surface area contributed by atoms with Crippen molar-refractivity contribution in [1.29, 1.82) is 0 Å². The van der Waals surface area contributed by atoms with Crippen LogP contribution in [0.5, 0.6) is 0 Å². The summed E-state index contributed by atoms with van der Waals surface area (Å²) in [7, 11) is 0. The highest BCUT2D eigenvalue weighted by Crippen LogP contribution is 2.28. The first-order chi connectivity index (χ1) is 7.34. The van der Waals surface area contributed by atoms with Gasteiger partial charge in [-0.3, -0.25) is 0 Å². The molecule has 5 nitrogen and oxygen atoms in total. The largest absolute Gasteiger partial charge is 0.378 e. The first-order valence-corrected chi connectivity index (χ1v) is 5.59. The zero-order chi connectivity index (χ0) is 10.3. The lowest BCUT2D eigenvalue weighted by Gasteiger charge is -2.17. The Balaban J connectivity index is 1.88. The van der Waals surface area contributed by atoms with E-state index in [0.29, 0.717) is 12.0 Å². The number of ether oxygens (including phenoxy) is 1. The summed E-state index contributed by atoms with van der Waals surface area (Å²) in [4.78, 5) is 0. The minimum absolute atomic E-state index is 0.365. The van der Waals surface area contributed by atoms with Crippen molar-refractivity contribution in [3.05, 3.63) is 11.6 Å². The summed E-state index contributed by atoms with van der Waals surface area (Å²) in [6, 6.07) is 0. The van der Waals surface area contributed by atoms with Crippen LogP contribution in [0.2, 0.25) is 0 Å². The maximum atomic E-state index is 5.58. The molecule has 2 aliphatic heterocycles. The molecule has 0 aromatic carbocycles. The molecule has 15 heavy (non-hydrogen) atoms. The second kappa shape index (κ2) is 3.57. The zero-order valence-electron chi connectivity index (χ0n) is 8.94. The molecule has 1 N–H and O–H groups in total. The van der Waals surface area contributed by atoms with Crippen LogP contribution in [0.3, 0.4) is 0 Å². The van der Waals surface area contributed by atoms with E-state index in [4.69, 9.17) is 4.74 Å². The third-order valence-corrected chi connectivity index (χ3v) is 3.21. The molecule has 1 fully saturated rings. The number of fused-ring (bicyclic) bond motifs is 1. The van der Waals surface area contributed by atoms with Crippen molar-refractivity contribution in [2.75, 3.05) is 13.2 Å². The van der Waals surface area contributed by atoms with E-state index in [1.54, 1.807) is 0 Å². The Morgan fingerprint density at radius 3 is 3.20 bits per heavy atom. The summed E-state index contributed by atoms with van der Waals surface area (Å²) in [5.74, 6) is 2.63. The van der Waals surface area contributed by atoms with Gasteiger partial charge in [-0.25, -0.2) is 0 Å². The monoisotopic (exact) mass is 208 g/mol. The normalized spacial score (nSPS) is 30.5. The van der Waals surface area contributed by atoms with Gasteiger partial charge in [-0.15, -0.1) is 10.2 Å². The first-order valence-electron chi connectivity index (χ1n) is 5.59. The smallest absolute Gasteiger partial charge is 0.147 e. The molecular formula is C10H16N4O. The van der Waals surface area contributed by atoms with Gasteiger partial charge in [0.2, 0.25) is 0 Å². The molecule has 0 saturated carbocycles. The van der Waals surface area contributed by atoms with E-state index in [1.165, 1.54) is 0 Å². The molecule has 1 aromatic rings. The van der Waals surface area contributed by atoms with Gasteiger partial charge in [0, 0.05) is 19.0 Å². The van der Waals surface area contributed by atoms with Crippen molar-refractivity contribution >= 4 is 0 Å². The lowest BCUT2D eigenvalue weighted by atomic mass is 10.1. The third kappa shape index (κ3) is 1.55. The molecule has 2 unspecified atom stereocenters. The van der Waals surface area contributed by atoms with E-state index in [9.17, 15) is 0 Å². The summed E-state index contributed by atoms with van der Waals surface area (Å²) < 4.78 is 7.84. The van der Waals surface area contributed by atoms with Gasteiger partial charge in [-0.05, 0) is 13.3 Å². The highest BCUT2D eigenvalue weighted by Gasteiger charge is 2.29. The van der Waals surface area contributed by atoms with Crippen molar-refractivity contribution in [2.45, 2.75) is 38.5 Å². The zero-order valence-corrected chi connectivity index (χ0v) is 8.94. The fourth-order valence-electron chi connectivity index (χ4n) is 2.41. The lowest BCUT2D eigenvalue weighted by Crippen LogP contribution is -2.29. The summed E-state index contributed by atoms with van der Waals surface area (Å²) in [5.41, 5.74) is 0. The highest BCUT2D eigenvalue weighted by atomic mass is 16.5. The van der Waals surface area contributed by atoms with Gasteiger partial charge >= 0.3 is 0 Å². The minimum Gasteiger partial charge on any atom is -0.378 e. The predicted molar refractivity (Wildman–Crippen MR) is 54.5 cm³/mol. The molecule has 3 heterocycles. The summed E-state index contributed by atoms with van der Waals surface area (Å²) in [5, 5.41) is 11.8. The Kier molecular flexibility index (Phi) is 2.21. The predicted octanol–water partition coefficient (Wildman–Crippen LogP) is 0.274. The van der Waals surface area contributed by atoms with E-state index in [1.807, 2.05) is 0 Å². The van der Waals surface area contributed by atoms with Crippen molar-refractivity contribution in [3.8, 4) is 0 Å². The maximum Gasteiger partial charge on any atom is 0.147 e. The van der Waals surface area contributed by atoms with Crippen molar-refractivity contribution in [2.24, 2.45) is 0 Å². The summed E-state index contributed by atoms with van der Waals surface area (Å²) in [6.45, 7) is 5.77. The second-order valence-corrected chi connectivity index (χ2v) is 4.38. The molecule has 3 rings (SSSR count). The highest BCUT2D eigenvalue weighted by molar-refractivity contribution is 5.06. The van der Waals surface area contributed by atoms with Crippen LogP contribution in [-0.2, 0) is 17.8 Å². The fraction of sp³-hybridized carbons (Fsp3) is 0.800. The molecule has 0 aliphatic carbocycles. The maximum absolute atomic E-state index is 5.58. The van der Waals surface area contributed by atoms with E-state index < -0.39 is 0 Å². The van der Waals surface area contributed by atoms with Gasteiger partial charge in [0.25, 0.3) is 0 Å². The van der Waals surface area contributed by atoms with Gasteiger partial charge in [0.1, 0.15) is 11.6 Å². The number of rotatable bonds is 1. The third-order valence-electron chi connectivity index (χ3n) is 3.21. The molecule has 0 radical (unpaired) electrons. The van der Waals surface area contributed by atoms with Crippen LogP contribution in [-0.4, -0.2) is 34.0 Å². The standard InChI is InChI=1S/C10H16N4O/c1-7-4-8(6-15-7)10-13-12-9-5-11-2-3-14(9)10/h7-8,11H,2-6H2,1H3. The molecule has 0 amide bonds. The average Bonchev–Trinajstić information content (AvgIpc) is 2.83. The lowest BCUT2D eigenvalue weighted by molar-refractivity contribution is 0.123. The molecule has 82 valence electrons. The summed E-state index contributed by atoms with van der Waals surface area (Å²) in [6.07, 6.45) is 1.44. The van der Waals surface area contributed by atoms with Crippen LogP contribution in [0.25, 0.3) is 0 Å². The van der Waals surface area contributed by atoms with E-state index in [-0.39, 0.29) is 0 Å². The number of hydrogen-bond donors (Lipinski definition) is 1. The number of nitrogens with one attached hydrogen (secondary N) is 1. The van der Waals surface area contributed by atoms with E-state index in [2.05, 4.69) is 27.0 Å². The van der Waals surface area contributed by atoms with Gasteiger partial charge < -0.3 is 14.6 Å². The van der Waals surface area contributed by atoms with Crippen LogP contribution >= 0.6 is 0 Å². The Morgan fingerprint density at radius 2 is 2.40 bits per heavy atom. The van der Waals surface area contributed by atoms with Crippen molar-refractivity contribution in [3.63, 3.8) is 0 Å². The number of hydrogen-bond acceptors (Lipinski definition) is 4. The Morgan fingerprint density at radius 1 is 1.47 bits per heavy atom. The second-order valence-electron chi connectivity index (χ2n) is 4.38. The molecular weight excluding hydrogens is 192 g/mol. The quantitative estimate of drug-likeness (QED) is 0.720. The molecule has 0 spiro atoms. The van der Waals surface area contributed by atoms with Gasteiger partial charge in [0.15, 0.2) is 0 Å².